The molecule has 1 aromatic rings. The molecular weight excluding hydrogens is 308 g/mol. The van der Waals surface area contributed by atoms with Crippen molar-refractivity contribution in [2.75, 3.05) is 46.9 Å². The molecule has 25 heavy (non-hydrogen) atoms. The maximum absolute atomic E-state index is 5.25. The van der Waals surface area contributed by atoms with E-state index in [1.54, 1.807) is 7.11 Å². The predicted molar refractivity (Wildman–Crippen MR) is 105 cm³/mol. The second-order valence-corrected chi connectivity index (χ2v) is 8.28. The maximum Gasteiger partial charge on any atom is 0.118 e. The molecule has 3 nitrogen and oxygen atoms in total. The first-order valence-electron chi connectivity index (χ1n) is 10.3. The molecule has 0 amide bonds. The first-order chi connectivity index (χ1) is 12.2. The van der Waals surface area contributed by atoms with Crippen LogP contribution in [0.1, 0.15) is 44.1 Å². The summed E-state index contributed by atoms with van der Waals surface area (Å²) in [6.45, 7) is 6.36. The average molecular weight is 345 g/mol. The van der Waals surface area contributed by atoms with E-state index in [0.717, 1.165) is 24.0 Å². The molecule has 0 bridgehead atoms. The molecule has 0 aromatic heterocycles. The molecule has 0 radical (unpaired) electrons. The number of nitrogens with zero attached hydrogens (tertiary/aromatic N) is 2. The molecule has 1 heterocycles. The van der Waals surface area contributed by atoms with Crippen LogP contribution in [0.3, 0.4) is 0 Å². The number of methoxy groups -OCH3 is 1. The Morgan fingerprint density at radius 2 is 1.68 bits per heavy atom. The Balaban J connectivity index is 1.39. The van der Waals surface area contributed by atoms with Crippen molar-refractivity contribution < 1.29 is 4.74 Å². The van der Waals surface area contributed by atoms with Crippen LogP contribution in [0.2, 0.25) is 0 Å². The van der Waals surface area contributed by atoms with Crippen molar-refractivity contribution >= 4 is 0 Å². The molecule has 2 aliphatic rings. The zero-order valence-electron chi connectivity index (χ0n) is 16.3. The van der Waals surface area contributed by atoms with Gasteiger partial charge in [-0.05, 0) is 75.2 Å². The summed E-state index contributed by atoms with van der Waals surface area (Å²) in [4.78, 5) is 5.30. The van der Waals surface area contributed by atoms with Crippen LogP contribution >= 0.6 is 0 Å². The standard InChI is InChI=1S/C22H36N2O/c1-23(16-20-6-3-4-7-20)17-21-8-5-14-24(18-21)15-13-19-9-11-22(25-2)12-10-19/h9-12,20-21H,3-8,13-18H2,1-2H3. The largest absolute Gasteiger partial charge is 0.497 e. The van der Waals surface area contributed by atoms with Crippen molar-refractivity contribution in [1.82, 2.24) is 9.80 Å². The molecule has 3 heteroatoms. The highest BCUT2D eigenvalue weighted by Crippen LogP contribution is 2.26. The van der Waals surface area contributed by atoms with Gasteiger partial charge in [0.25, 0.3) is 0 Å². The van der Waals surface area contributed by atoms with E-state index in [0.29, 0.717) is 0 Å². The third-order valence-corrected chi connectivity index (χ3v) is 6.09. The summed E-state index contributed by atoms with van der Waals surface area (Å²) in [6, 6.07) is 8.56. The Labute approximate surface area is 154 Å². The number of hydrogen-bond donors (Lipinski definition) is 0. The molecular formula is C22H36N2O. The fourth-order valence-electron chi connectivity index (χ4n) is 4.73. The first kappa shape index (κ1) is 18.7. The zero-order chi connectivity index (χ0) is 17.5. The summed E-state index contributed by atoms with van der Waals surface area (Å²) in [5.74, 6) is 2.78. The van der Waals surface area contributed by atoms with E-state index in [1.165, 1.54) is 76.8 Å². The monoisotopic (exact) mass is 344 g/mol. The average Bonchev–Trinajstić information content (AvgIpc) is 3.13. The number of rotatable bonds is 8. The van der Waals surface area contributed by atoms with E-state index in [1.807, 2.05) is 0 Å². The summed E-state index contributed by atoms with van der Waals surface area (Å²) >= 11 is 0. The molecule has 3 rings (SSSR count). The number of piperidine rings is 1. The lowest BCUT2D eigenvalue weighted by atomic mass is 9.96. The van der Waals surface area contributed by atoms with Crippen molar-refractivity contribution in [2.24, 2.45) is 11.8 Å². The number of ether oxygens (including phenoxy) is 1. The molecule has 1 aliphatic carbocycles. The Hall–Kier alpha value is -1.06. The van der Waals surface area contributed by atoms with Crippen LogP contribution in [-0.2, 0) is 6.42 Å². The molecule has 2 fully saturated rings. The van der Waals surface area contributed by atoms with Crippen LogP contribution in [0.25, 0.3) is 0 Å². The normalized spacial score (nSPS) is 22.6. The molecule has 140 valence electrons. The Kier molecular flexibility index (Phi) is 7.18. The molecule has 1 aliphatic heterocycles. The third kappa shape index (κ3) is 6.00. The highest BCUT2D eigenvalue weighted by Gasteiger charge is 2.23. The van der Waals surface area contributed by atoms with Crippen LogP contribution in [0.4, 0.5) is 0 Å². The topological polar surface area (TPSA) is 15.7 Å². The lowest BCUT2D eigenvalue weighted by Gasteiger charge is -2.35. The number of benzene rings is 1. The smallest absolute Gasteiger partial charge is 0.118 e. The molecule has 1 saturated heterocycles. The molecule has 1 unspecified atom stereocenters. The lowest BCUT2D eigenvalue weighted by Crippen LogP contribution is -2.41. The lowest BCUT2D eigenvalue weighted by molar-refractivity contribution is 0.138. The zero-order valence-corrected chi connectivity index (χ0v) is 16.3. The highest BCUT2D eigenvalue weighted by atomic mass is 16.5. The van der Waals surface area contributed by atoms with Gasteiger partial charge in [0, 0.05) is 26.2 Å². The second-order valence-electron chi connectivity index (χ2n) is 8.28. The Morgan fingerprint density at radius 3 is 2.40 bits per heavy atom. The fraction of sp³-hybridized carbons (Fsp3) is 0.727. The first-order valence-corrected chi connectivity index (χ1v) is 10.3. The van der Waals surface area contributed by atoms with Crippen molar-refractivity contribution in [1.29, 1.82) is 0 Å². The Bertz CT molecular complexity index is 495. The van der Waals surface area contributed by atoms with E-state index in [4.69, 9.17) is 4.74 Å². The van der Waals surface area contributed by atoms with Gasteiger partial charge in [-0.25, -0.2) is 0 Å². The van der Waals surface area contributed by atoms with Gasteiger partial charge < -0.3 is 14.5 Å². The maximum atomic E-state index is 5.25. The van der Waals surface area contributed by atoms with Gasteiger partial charge in [-0.15, -0.1) is 0 Å². The van der Waals surface area contributed by atoms with E-state index >= 15 is 0 Å². The highest BCUT2D eigenvalue weighted by molar-refractivity contribution is 5.27. The van der Waals surface area contributed by atoms with Gasteiger partial charge in [-0.2, -0.15) is 0 Å². The van der Waals surface area contributed by atoms with E-state index < -0.39 is 0 Å². The van der Waals surface area contributed by atoms with Crippen LogP contribution in [-0.4, -0.2) is 56.7 Å². The molecule has 1 aromatic carbocycles. The molecule has 1 saturated carbocycles. The van der Waals surface area contributed by atoms with Gasteiger partial charge in [-0.1, -0.05) is 25.0 Å². The minimum absolute atomic E-state index is 0.857. The summed E-state index contributed by atoms with van der Waals surface area (Å²) in [5.41, 5.74) is 1.42. The fourth-order valence-corrected chi connectivity index (χ4v) is 4.73. The van der Waals surface area contributed by atoms with Gasteiger partial charge in [0.1, 0.15) is 5.75 Å². The van der Waals surface area contributed by atoms with Crippen molar-refractivity contribution in [3.63, 3.8) is 0 Å². The summed E-state index contributed by atoms with van der Waals surface area (Å²) in [5, 5.41) is 0. The second kappa shape index (κ2) is 9.59. The van der Waals surface area contributed by atoms with Crippen LogP contribution in [0.15, 0.2) is 24.3 Å². The van der Waals surface area contributed by atoms with Gasteiger partial charge in [-0.3, -0.25) is 0 Å². The molecule has 0 spiro atoms. The van der Waals surface area contributed by atoms with Gasteiger partial charge in [0.15, 0.2) is 0 Å². The van der Waals surface area contributed by atoms with Crippen LogP contribution in [0.5, 0.6) is 5.75 Å². The minimum Gasteiger partial charge on any atom is -0.497 e. The summed E-state index contributed by atoms with van der Waals surface area (Å²) in [7, 11) is 4.07. The van der Waals surface area contributed by atoms with Crippen molar-refractivity contribution in [2.45, 2.75) is 44.9 Å². The van der Waals surface area contributed by atoms with Crippen LogP contribution in [0, 0.1) is 11.8 Å². The van der Waals surface area contributed by atoms with Gasteiger partial charge >= 0.3 is 0 Å². The van der Waals surface area contributed by atoms with Crippen LogP contribution < -0.4 is 4.74 Å². The number of likely N-dealkylation sites (tertiary alicyclic amines) is 1. The van der Waals surface area contributed by atoms with E-state index in [2.05, 4.69) is 41.1 Å². The Morgan fingerprint density at radius 1 is 1.00 bits per heavy atom. The quantitative estimate of drug-likeness (QED) is 0.707. The predicted octanol–water partition coefficient (Wildman–Crippen LogP) is 4.07. The SMILES string of the molecule is COc1ccc(CCN2CCCC(CN(C)CC3CCCC3)C2)cc1. The molecule has 1 atom stereocenters. The molecule has 0 N–H and O–H groups in total. The van der Waals surface area contributed by atoms with E-state index in [-0.39, 0.29) is 0 Å². The van der Waals surface area contributed by atoms with Crippen molar-refractivity contribution in [3.05, 3.63) is 29.8 Å². The van der Waals surface area contributed by atoms with Gasteiger partial charge in [0.05, 0.1) is 7.11 Å². The summed E-state index contributed by atoms with van der Waals surface area (Å²) in [6.07, 6.45) is 9.77. The van der Waals surface area contributed by atoms with Gasteiger partial charge in [0.2, 0.25) is 0 Å². The summed E-state index contributed by atoms with van der Waals surface area (Å²) < 4.78 is 5.25. The third-order valence-electron chi connectivity index (χ3n) is 6.09. The number of hydrogen-bond acceptors (Lipinski definition) is 3. The minimum atomic E-state index is 0.857. The van der Waals surface area contributed by atoms with E-state index in [9.17, 15) is 0 Å². The van der Waals surface area contributed by atoms with Crippen molar-refractivity contribution in [3.8, 4) is 5.75 Å².